The van der Waals surface area contributed by atoms with Gasteiger partial charge in [0.15, 0.2) is 0 Å². The Morgan fingerprint density at radius 1 is 1.39 bits per heavy atom. The predicted molar refractivity (Wildman–Crippen MR) is 78.0 cm³/mol. The number of nitrogens with zero attached hydrogens (tertiary/aromatic N) is 2. The van der Waals surface area contributed by atoms with Crippen LogP contribution in [0.2, 0.25) is 0 Å². The molecule has 0 spiro atoms. The molecule has 1 N–H and O–H groups in total. The van der Waals surface area contributed by atoms with E-state index in [1.165, 1.54) is 25.0 Å². The van der Waals surface area contributed by atoms with Gasteiger partial charge in [0, 0.05) is 32.9 Å². The van der Waals surface area contributed by atoms with E-state index in [0.717, 1.165) is 31.9 Å². The molecular formula is C13H25N3OS. The number of aromatic nitrogens is 2. The van der Waals surface area contributed by atoms with Gasteiger partial charge in [-0.3, -0.25) is 0 Å². The molecule has 1 rings (SSSR count). The van der Waals surface area contributed by atoms with Gasteiger partial charge in [-0.1, -0.05) is 6.42 Å². The second kappa shape index (κ2) is 10.4. The van der Waals surface area contributed by atoms with Crippen LogP contribution < -0.4 is 5.32 Å². The van der Waals surface area contributed by atoms with E-state index in [1.54, 1.807) is 7.11 Å². The fourth-order valence-corrected chi connectivity index (χ4v) is 2.22. The zero-order valence-electron chi connectivity index (χ0n) is 11.5. The van der Waals surface area contributed by atoms with Crippen LogP contribution in [-0.2, 0) is 17.8 Å². The molecule has 0 aliphatic heterocycles. The number of thioether (sulfide) groups is 1. The largest absolute Gasteiger partial charge is 0.383 e. The Labute approximate surface area is 115 Å². The van der Waals surface area contributed by atoms with E-state index >= 15 is 0 Å². The molecule has 0 aromatic carbocycles. The number of ether oxygens (including phenoxy) is 1. The van der Waals surface area contributed by atoms with Crippen LogP contribution in [0.1, 0.15) is 25.0 Å². The number of methoxy groups -OCH3 is 1. The first kappa shape index (κ1) is 15.5. The van der Waals surface area contributed by atoms with E-state index in [-0.39, 0.29) is 0 Å². The summed E-state index contributed by atoms with van der Waals surface area (Å²) in [6, 6.07) is 0. The quantitative estimate of drug-likeness (QED) is 0.626. The molecule has 0 saturated heterocycles. The summed E-state index contributed by atoms with van der Waals surface area (Å²) >= 11 is 1.93. The van der Waals surface area contributed by atoms with Crippen LogP contribution in [0.15, 0.2) is 12.5 Å². The van der Waals surface area contributed by atoms with Gasteiger partial charge in [0.05, 0.1) is 18.6 Å². The summed E-state index contributed by atoms with van der Waals surface area (Å²) in [5.74, 6) is 1.28. The highest BCUT2D eigenvalue weighted by Crippen LogP contribution is 2.04. The molecule has 18 heavy (non-hydrogen) atoms. The van der Waals surface area contributed by atoms with Crippen LogP contribution in [0.25, 0.3) is 0 Å². The van der Waals surface area contributed by atoms with Crippen LogP contribution in [0.5, 0.6) is 0 Å². The van der Waals surface area contributed by atoms with Crippen molar-refractivity contribution in [2.75, 3.05) is 32.3 Å². The number of aryl methyl sites for hydroxylation is 1. The Kier molecular flexibility index (Phi) is 8.98. The lowest BCUT2D eigenvalue weighted by molar-refractivity contribution is 0.199. The Balaban J connectivity index is 2.10. The highest BCUT2D eigenvalue weighted by molar-refractivity contribution is 7.98. The third-order valence-electron chi connectivity index (χ3n) is 2.74. The first-order valence-corrected chi connectivity index (χ1v) is 7.95. The summed E-state index contributed by atoms with van der Waals surface area (Å²) in [4.78, 5) is 4.38. The van der Waals surface area contributed by atoms with E-state index in [4.69, 9.17) is 4.74 Å². The number of hydrogen-bond acceptors (Lipinski definition) is 4. The van der Waals surface area contributed by atoms with Crippen LogP contribution in [-0.4, -0.2) is 41.8 Å². The van der Waals surface area contributed by atoms with Gasteiger partial charge in [0.2, 0.25) is 0 Å². The first-order chi connectivity index (χ1) is 8.86. The molecule has 0 aliphatic rings. The molecule has 0 radical (unpaired) electrons. The van der Waals surface area contributed by atoms with E-state index in [2.05, 4.69) is 27.3 Å². The normalized spacial score (nSPS) is 11.0. The average Bonchev–Trinajstić information content (AvgIpc) is 2.82. The van der Waals surface area contributed by atoms with Gasteiger partial charge in [-0.15, -0.1) is 0 Å². The highest BCUT2D eigenvalue weighted by atomic mass is 32.2. The summed E-state index contributed by atoms with van der Waals surface area (Å²) in [6.45, 7) is 3.52. The van der Waals surface area contributed by atoms with E-state index in [1.807, 2.05) is 18.1 Å². The fraction of sp³-hybridized carbons (Fsp3) is 0.769. The molecule has 5 heteroatoms. The lowest BCUT2D eigenvalue weighted by Gasteiger charge is -2.02. The molecule has 1 aromatic heterocycles. The zero-order valence-corrected chi connectivity index (χ0v) is 12.3. The van der Waals surface area contributed by atoms with Crippen molar-refractivity contribution in [1.82, 2.24) is 14.9 Å². The second-order valence-corrected chi connectivity index (χ2v) is 5.31. The summed E-state index contributed by atoms with van der Waals surface area (Å²) in [5, 5.41) is 3.30. The smallest absolute Gasteiger partial charge is 0.0949 e. The molecular weight excluding hydrogens is 246 g/mol. The van der Waals surface area contributed by atoms with Gasteiger partial charge in [-0.25, -0.2) is 4.98 Å². The van der Waals surface area contributed by atoms with Crippen LogP contribution in [0, 0.1) is 0 Å². The first-order valence-electron chi connectivity index (χ1n) is 6.56. The van der Waals surface area contributed by atoms with E-state index in [0.29, 0.717) is 0 Å². The van der Waals surface area contributed by atoms with Crippen molar-refractivity contribution in [2.24, 2.45) is 0 Å². The summed E-state index contributed by atoms with van der Waals surface area (Å²) < 4.78 is 7.17. The van der Waals surface area contributed by atoms with Crippen molar-refractivity contribution < 1.29 is 4.74 Å². The molecule has 1 heterocycles. The fourth-order valence-electron chi connectivity index (χ4n) is 1.73. The lowest BCUT2D eigenvalue weighted by Crippen LogP contribution is -2.18. The molecule has 0 amide bonds. The maximum atomic E-state index is 4.98. The number of unbranched alkanes of at least 4 members (excludes halogenated alkanes) is 2. The number of rotatable bonds is 11. The van der Waals surface area contributed by atoms with Gasteiger partial charge in [-0.2, -0.15) is 11.8 Å². The molecule has 1 aromatic rings. The van der Waals surface area contributed by atoms with Crippen molar-refractivity contribution in [1.29, 1.82) is 0 Å². The Bertz CT molecular complexity index is 304. The number of nitrogens with one attached hydrogen (secondary N) is 1. The molecule has 0 aliphatic carbocycles. The van der Waals surface area contributed by atoms with Crippen molar-refractivity contribution in [3.8, 4) is 0 Å². The molecule has 0 fully saturated rings. The second-order valence-electron chi connectivity index (χ2n) is 4.33. The standard InChI is InChI=1S/C13H25N3OS/c1-17-8-6-14-10-13-11-16(12-15-13)7-4-3-5-9-18-2/h11-12,14H,3-10H2,1-2H3. The van der Waals surface area contributed by atoms with Crippen molar-refractivity contribution in [3.05, 3.63) is 18.2 Å². The Morgan fingerprint density at radius 3 is 3.06 bits per heavy atom. The van der Waals surface area contributed by atoms with Crippen LogP contribution in [0.4, 0.5) is 0 Å². The summed E-state index contributed by atoms with van der Waals surface area (Å²) in [7, 11) is 1.72. The van der Waals surface area contributed by atoms with Gasteiger partial charge in [0.25, 0.3) is 0 Å². The maximum absolute atomic E-state index is 4.98. The Hall–Kier alpha value is -0.520. The van der Waals surface area contributed by atoms with Crippen molar-refractivity contribution in [3.63, 3.8) is 0 Å². The number of imidazole rings is 1. The van der Waals surface area contributed by atoms with Gasteiger partial charge < -0.3 is 14.6 Å². The minimum atomic E-state index is 0.746. The number of hydrogen-bond donors (Lipinski definition) is 1. The van der Waals surface area contributed by atoms with Gasteiger partial charge >= 0.3 is 0 Å². The van der Waals surface area contributed by atoms with Crippen LogP contribution in [0.3, 0.4) is 0 Å². The summed E-state index contributed by atoms with van der Waals surface area (Å²) in [5.41, 5.74) is 1.11. The lowest BCUT2D eigenvalue weighted by atomic mass is 10.2. The molecule has 0 atom stereocenters. The van der Waals surface area contributed by atoms with Crippen molar-refractivity contribution >= 4 is 11.8 Å². The molecule has 4 nitrogen and oxygen atoms in total. The molecule has 0 bridgehead atoms. The Morgan fingerprint density at radius 2 is 2.28 bits per heavy atom. The average molecular weight is 271 g/mol. The molecule has 104 valence electrons. The maximum Gasteiger partial charge on any atom is 0.0949 e. The van der Waals surface area contributed by atoms with Gasteiger partial charge in [0.1, 0.15) is 0 Å². The van der Waals surface area contributed by atoms with E-state index < -0.39 is 0 Å². The SMILES string of the molecule is COCCNCc1cn(CCCCCSC)cn1. The third kappa shape index (κ3) is 7.03. The molecule has 0 saturated carbocycles. The van der Waals surface area contributed by atoms with E-state index in [9.17, 15) is 0 Å². The van der Waals surface area contributed by atoms with Crippen molar-refractivity contribution in [2.45, 2.75) is 32.4 Å². The predicted octanol–water partition coefficient (Wildman–Crippen LogP) is 2.15. The molecule has 0 unspecified atom stereocenters. The topological polar surface area (TPSA) is 39.1 Å². The minimum Gasteiger partial charge on any atom is -0.383 e. The zero-order chi connectivity index (χ0) is 13.1. The summed E-state index contributed by atoms with van der Waals surface area (Å²) in [6.07, 6.45) is 10.1. The highest BCUT2D eigenvalue weighted by Gasteiger charge is 1.98. The third-order valence-corrected chi connectivity index (χ3v) is 3.44. The monoisotopic (exact) mass is 271 g/mol. The van der Waals surface area contributed by atoms with Crippen LogP contribution >= 0.6 is 11.8 Å². The van der Waals surface area contributed by atoms with Gasteiger partial charge in [-0.05, 0) is 24.9 Å². The minimum absolute atomic E-state index is 0.746.